The number of nitrogens with one attached hydrogen (secondary N) is 1. The van der Waals surface area contributed by atoms with E-state index in [1.807, 2.05) is 18.2 Å². The van der Waals surface area contributed by atoms with Crippen molar-refractivity contribution in [3.63, 3.8) is 0 Å². The third-order valence-corrected chi connectivity index (χ3v) is 3.26. The summed E-state index contributed by atoms with van der Waals surface area (Å²) in [5.74, 6) is -0.332. The summed E-state index contributed by atoms with van der Waals surface area (Å²) in [5, 5.41) is 10.7. The van der Waals surface area contributed by atoms with Gasteiger partial charge in [0.1, 0.15) is 0 Å². The van der Waals surface area contributed by atoms with Gasteiger partial charge in [0.05, 0.1) is 11.4 Å². The molecule has 0 bridgehead atoms. The van der Waals surface area contributed by atoms with Crippen LogP contribution in [0.5, 0.6) is 0 Å². The van der Waals surface area contributed by atoms with Crippen LogP contribution in [0, 0.1) is 0 Å². The molecule has 0 saturated carbocycles. The molecule has 1 aromatic carbocycles. The molecule has 17 heavy (non-hydrogen) atoms. The number of carbonyl (C=O) groups is 1. The largest absolute Gasteiger partial charge is 0.371 e. The van der Waals surface area contributed by atoms with Gasteiger partial charge < -0.3 is 15.0 Å². The Morgan fingerprint density at radius 3 is 2.71 bits per heavy atom. The fraction of sp³-hybridized carbons (Fsp3) is 0.154. The zero-order chi connectivity index (χ0) is 12.0. The molecule has 2 aromatic rings. The number of benzene rings is 1. The van der Waals surface area contributed by atoms with Gasteiger partial charge in [0.15, 0.2) is 0 Å². The number of amides is 1. The van der Waals surface area contributed by atoms with Crippen LogP contribution in [0.2, 0.25) is 0 Å². The third-order valence-electron chi connectivity index (χ3n) is 3.26. The van der Waals surface area contributed by atoms with Crippen molar-refractivity contribution in [3.8, 4) is 0 Å². The topological polar surface area (TPSA) is 56.3 Å². The van der Waals surface area contributed by atoms with Crippen LogP contribution in [-0.2, 0) is 10.4 Å². The van der Waals surface area contributed by atoms with Gasteiger partial charge in [-0.05, 0) is 18.2 Å². The lowest BCUT2D eigenvalue weighted by atomic mass is 9.92. The summed E-state index contributed by atoms with van der Waals surface area (Å²) in [4.78, 5) is 16.6. The maximum Gasteiger partial charge on any atom is 0.269 e. The van der Waals surface area contributed by atoms with E-state index in [0.29, 0.717) is 11.3 Å². The van der Waals surface area contributed by atoms with Crippen molar-refractivity contribution in [2.45, 2.75) is 5.60 Å². The summed E-state index contributed by atoms with van der Waals surface area (Å²) in [5.41, 5.74) is 0.276. The number of likely N-dealkylation sites (N-methyl/N-ethyl adjacent to an activating group) is 1. The Morgan fingerprint density at radius 2 is 2.00 bits per heavy atom. The number of anilines is 1. The average Bonchev–Trinajstić information content (AvgIpc) is 2.95. The minimum Gasteiger partial charge on any atom is -0.371 e. The van der Waals surface area contributed by atoms with E-state index >= 15 is 0 Å². The molecule has 0 aliphatic carbocycles. The Kier molecular flexibility index (Phi) is 1.91. The van der Waals surface area contributed by atoms with Gasteiger partial charge in [-0.25, -0.2) is 0 Å². The van der Waals surface area contributed by atoms with Gasteiger partial charge in [0, 0.05) is 18.8 Å². The zero-order valence-corrected chi connectivity index (χ0v) is 9.34. The molecule has 0 radical (unpaired) electrons. The van der Waals surface area contributed by atoms with Gasteiger partial charge in [0.2, 0.25) is 5.60 Å². The van der Waals surface area contributed by atoms with Gasteiger partial charge in [-0.2, -0.15) is 0 Å². The molecule has 3 rings (SSSR count). The highest BCUT2D eigenvalue weighted by Crippen LogP contribution is 2.42. The monoisotopic (exact) mass is 228 g/mol. The average molecular weight is 228 g/mol. The van der Waals surface area contributed by atoms with Crippen molar-refractivity contribution < 1.29 is 9.90 Å². The first kappa shape index (κ1) is 10.1. The van der Waals surface area contributed by atoms with Crippen molar-refractivity contribution in [1.82, 2.24) is 4.98 Å². The van der Waals surface area contributed by atoms with Crippen molar-refractivity contribution in [3.05, 3.63) is 53.9 Å². The summed E-state index contributed by atoms with van der Waals surface area (Å²) >= 11 is 0. The molecule has 0 fully saturated rings. The summed E-state index contributed by atoms with van der Waals surface area (Å²) in [6.45, 7) is 0. The number of aromatic nitrogens is 1. The lowest BCUT2D eigenvalue weighted by Gasteiger charge is -2.20. The van der Waals surface area contributed by atoms with Crippen molar-refractivity contribution in [2.75, 3.05) is 11.9 Å². The van der Waals surface area contributed by atoms with Crippen molar-refractivity contribution >= 4 is 11.6 Å². The molecular formula is C13H12N2O2. The number of carbonyl (C=O) groups excluding carboxylic acids is 1. The molecular weight excluding hydrogens is 216 g/mol. The molecule has 4 heteroatoms. The minimum atomic E-state index is -1.59. The number of rotatable bonds is 1. The third kappa shape index (κ3) is 1.13. The van der Waals surface area contributed by atoms with Crippen LogP contribution in [0.15, 0.2) is 42.6 Å². The smallest absolute Gasteiger partial charge is 0.269 e. The number of fused-ring (bicyclic) bond motifs is 1. The lowest BCUT2D eigenvalue weighted by molar-refractivity contribution is -0.132. The molecule has 86 valence electrons. The number of hydrogen-bond donors (Lipinski definition) is 2. The Balaban J connectivity index is 2.28. The quantitative estimate of drug-likeness (QED) is 0.771. The number of nitrogens with zero attached hydrogens (tertiary/aromatic N) is 1. The highest BCUT2D eigenvalue weighted by Gasteiger charge is 2.50. The molecule has 4 nitrogen and oxygen atoms in total. The standard InChI is InChI=1S/C13H12N2O2/c1-15-10-6-3-2-5-9(10)13(17,12(15)16)11-7-4-8-14-11/h2-8,14,17H,1H3/t13-/m0/s1. The van der Waals surface area contributed by atoms with E-state index in [2.05, 4.69) is 4.98 Å². The highest BCUT2D eigenvalue weighted by atomic mass is 16.3. The maximum atomic E-state index is 12.2. The van der Waals surface area contributed by atoms with Gasteiger partial charge in [-0.3, -0.25) is 4.79 Å². The van der Waals surface area contributed by atoms with Crippen LogP contribution >= 0.6 is 0 Å². The van der Waals surface area contributed by atoms with Crippen LogP contribution in [0.25, 0.3) is 0 Å². The van der Waals surface area contributed by atoms with Crippen LogP contribution < -0.4 is 4.90 Å². The lowest BCUT2D eigenvalue weighted by Crippen LogP contribution is -2.39. The van der Waals surface area contributed by atoms with Gasteiger partial charge in [0.25, 0.3) is 5.91 Å². The molecule has 1 amide bonds. The number of aromatic amines is 1. The van der Waals surface area contributed by atoms with Crippen LogP contribution in [0.4, 0.5) is 5.69 Å². The summed E-state index contributed by atoms with van der Waals surface area (Å²) in [6, 6.07) is 10.8. The fourth-order valence-corrected chi connectivity index (χ4v) is 2.36. The Morgan fingerprint density at radius 1 is 1.24 bits per heavy atom. The Bertz CT molecular complexity index is 577. The predicted octanol–water partition coefficient (Wildman–Crippen LogP) is 1.23. The summed E-state index contributed by atoms with van der Waals surface area (Å²) in [7, 11) is 1.67. The molecule has 1 atom stereocenters. The van der Waals surface area contributed by atoms with Gasteiger partial charge in [-0.15, -0.1) is 0 Å². The van der Waals surface area contributed by atoms with Crippen LogP contribution in [0.3, 0.4) is 0 Å². The maximum absolute atomic E-state index is 12.2. The van der Waals surface area contributed by atoms with E-state index < -0.39 is 5.60 Å². The normalized spacial score (nSPS) is 22.9. The van der Waals surface area contributed by atoms with E-state index in [-0.39, 0.29) is 5.91 Å². The Labute approximate surface area is 98.5 Å². The van der Waals surface area contributed by atoms with Gasteiger partial charge >= 0.3 is 0 Å². The number of H-pyrrole nitrogens is 1. The first-order valence-corrected chi connectivity index (χ1v) is 5.39. The van der Waals surface area contributed by atoms with E-state index in [1.165, 1.54) is 4.90 Å². The molecule has 2 N–H and O–H groups in total. The molecule has 0 unspecified atom stereocenters. The zero-order valence-electron chi connectivity index (χ0n) is 9.34. The van der Waals surface area contributed by atoms with E-state index in [0.717, 1.165) is 5.69 Å². The molecule has 0 saturated heterocycles. The molecule has 2 heterocycles. The van der Waals surface area contributed by atoms with Crippen molar-refractivity contribution in [2.24, 2.45) is 0 Å². The minimum absolute atomic E-state index is 0.332. The highest BCUT2D eigenvalue weighted by molar-refractivity contribution is 6.08. The molecule has 1 aliphatic heterocycles. The fourth-order valence-electron chi connectivity index (χ4n) is 2.36. The SMILES string of the molecule is CN1C(=O)[C@@](O)(c2ccc[nH]2)c2ccccc21. The second-order valence-electron chi connectivity index (χ2n) is 4.18. The number of para-hydroxylation sites is 1. The summed E-state index contributed by atoms with van der Waals surface area (Å²) in [6.07, 6.45) is 1.70. The van der Waals surface area contributed by atoms with E-state index in [9.17, 15) is 9.90 Å². The van der Waals surface area contributed by atoms with E-state index in [1.54, 1.807) is 31.4 Å². The number of hydrogen-bond acceptors (Lipinski definition) is 2. The first-order valence-electron chi connectivity index (χ1n) is 5.39. The summed E-state index contributed by atoms with van der Waals surface area (Å²) < 4.78 is 0. The second kappa shape index (κ2) is 3.21. The van der Waals surface area contributed by atoms with Crippen molar-refractivity contribution in [1.29, 1.82) is 0 Å². The van der Waals surface area contributed by atoms with Gasteiger partial charge in [-0.1, -0.05) is 18.2 Å². The number of aliphatic hydroxyl groups is 1. The molecule has 1 aliphatic rings. The van der Waals surface area contributed by atoms with Crippen LogP contribution in [0.1, 0.15) is 11.3 Å². The molecule has 1 aromatic heterocycles. The Hall–Kier alpha value is -2.07. The molecule has 0 spiro atoms. The second-order valence-corrected chi connectivity index (χ2v) is 4.18. The predicted molar refractivity (Wildman–Crippen MR) is 63.6 cm³/mol. The van der Waals surface area contributed by atoms with E-state index in [4.69, 9.17) is 0 Å². The first-order chi connectivity index (χ1) is 8.15. The van der Waals surface area contributed by atoms with Crippen LogP contribution in [-0.4, -0.2) is 23.0 Å².